The van der Waals surface area contributed by atoms with Crippen molar-refractivity contribution in [2.75, 3.05) is 10.6 Å². The monoisotopic (exact) mass is 908 g/mol. The van der Waals surface area contributed by atoms with Crippen molar-refractivity contribution in [2.24, 2.45) is 0 Å². The summed E-state index contributed by atoms with van der Waals surface area (Å²) in [5.41, 5.74) is 6.17. The Morgan fingerprint density at radius 1 is 0.569 bits per heavy atom. The molecule has 0 saturated heterocycles. The quantitative estimate of drug-likeness (QED) is 0.0926. The summed E-state index contributed by atoms with van der Waals surface area (Å²) in [6, 6.07) is 33.7. The van der Waals surface area contributed by atoms with E-state index in [0.29, 0.717) is 31.8 Å². The molecule has 0 radical (unpaired) electrons. The molecule has 65 heavy (non-hydrogen) atoms. The molecule has 0 aliphatic heterocycles. The van der Waals surface area contributed by atoms with Gasteiger partial charge in [0, 0.05) is 25.2 Å². The van der Waals surface area contributed by atoms with Gasteiger partial charge in [0.05, 0.1) is 39.1 Å². The Hall–Kier alpha value is -7.10. The van der Waals surface area contributed by atoms with Crippen molar-refractivity contribution in [1.82, 2.24) is 9.13 Å². The number of aromatic hydroxyl groups is 2. The zero-order chi connectivity index (χ0) is 44.2. The number of hydrogen-bond acceptors (Lipinski definition) is 11. The average Bonchev–Trinajstić information content (AvgIpc) is 3.92. The first-order chi connectivity index (χ1) is 29.7. The molecule has 18 heteroatoms. The Bertz CT molecular complexity index is 3000. The largest absolute Gasteiger partial charge is 1.00 e. The van der Waals surface area contributed by atoms with Crippen molar-refractivity contribution in [1.29, 1.82) is 0 Å². The molecule has 8 N–H and O–H groups in total. The van der Waals surface area contributed by atoms with Crippen LogP contribution in [0.5, 0.6) is 11.5 Å². The van der Waals surface area contributed by atoms with E-state index in [1.54, 1.807) is 29.0 Å². The Morgan fingerprint density at radius 3 is 1.32 bits per heavy atom. The number of Topliss-reactive ketones (excluding diaryl/α,β-unsaturated/α-hetero) is 1. The second-order valence-electron chi connectivity index (χ2n) is 14.3. The number of thiophene rings is 2. The van der Waals surface area contributed by atoms with Crippen LogP contribution >= 0.6 is 22.7 Å². The Morgan fingerprint density at radius 2 is 0.938 bits per heavy atom. The van der Waals surface area contributed by atoms with Gasteiger partial charge in [0.25, 0.3) is 11.1 Å². The van der Waals surface area contributed by atoms with Crippen LogP contribution in [0.3, 0.4) is 0 Å². The minimum Gasteiger partial charge on any atom is -0.870 e. The smallest absolute Gasteiger partial charge is 0.870 e. The number of nitrogens with one attached hydrogen (secondary N) is 2. The third kappa shape index (κ3) is 11.0. The van der Waals surface area contributed by atoms with E-state index < -0.39 is 28.6 Å². The number of fused-ring (bicyclic) bond motifs is 2. The summed E-state index contributed by atoms with van der Waals surface area (Å²) in [5, 5.41) is 39.1. The zero-order valence-corrected chi connectivity index (χ0v) is 37.0. The van der Waals surface area contributed by atoms with E-state index in [1.807, 2.05) is 91.0 Å². The topological polar surface area (TPSA) is 259 Å². The summed E-state index contributed by atoms with van der Waals surface area (Å²) < 4.78 is 3.81. The number of hydrogen-bond donors (Lipinski definition) is 5. The second kappa shape index (κ2) is 21.5. The van der Waals surface area contributed by atoms with Crippen molar-refractivity contribution in [3.63, 3.8) is 0 Å². The van der Waals surface area contributed by atoms with E-state index in [4.69, 9.17) is 0 Å². The standard InChI is InChI=1S/C24H20N2O4S.C23H18N2O5S.Li.2H2O/c1-14(27)21-22(29)24(30)26(20-9-10-31-23(20)21)13-16-5-3-6-17(11-16)18-7-4-8-19(12-18)25-15(2)28;1-13(26)24-17-7-3-6-16(11-17)15-5-2-4-14(10-15)12-25-18-8-9-31-21(18)19(23(29)30)20(27)22(25)28;;;/h3-12,29H,13H2,1-2H3,(H,25,28);2-11,27H,12H2,1H3,(H,24,26)(H,29,30);;2*1H2/q;;+1;;/p-1. The van der Waals surface area contributed by atoms with Crippen molar-refractivity contribution in [2.45, 2.75) is 33.9 Å². The van der Waals surface area contributed by atoms with Crippen LogP contribution in [-0.4, -0.2) is 59.0 Å². The number of anilines is 2. The van der Waals surface area contributed by atoms with Gasteiger partial charge in [-0.25, -0.2) is 4.79 Å². The van der Waals surface area contributed by atoms with Gasteiger partial charge in [-0.05, 0) is 99.6 Å². The number of amides is 2. The van der Waals surface area contributed by atoms with Crippen LogP contribution in [0.4, 0.5) is 11.4 Å². The van der Waals surface area contributed by atoms with Crippen LogP contribution in [0.15, 0.2) is 130 Å². The fourth-order valence-electron chi connectivity index (χ4n) is 7.17. The average molecular weight is 909 g/mol. The zero-order valence-electron chi connectivity index (χ0n) is 35.4. The van der Waals surface area contributed by atoms with Gasteiger partial charge in [0.2, 0.25) is 11.8 Å². The van der Waals surface area contributed by atoms with E-state index in [-0.39, 0.29) is 71.6 Å². The summed E-state index contributed by atoms with van der Waals surface area (Å²) in [4.78, 5) is 71.7. The van der Waals surface area contributed by atoms with E-state index in [2.05, 4.69) is 10.6 Å². The van der Waals surface area contributed by atoms with Crippen LogP contribution in [0.25, 0.3) is 42.7 Å². The molecule has 0 bridgehead atoms. The van der Waals surface area contributed by atoms with Crippen LogP contribution in [0.2, 0.25) is 0 Å². The third-order valence-electron chi connectivity index (χ3n) is 9.83. The van der Waals surface area contributed by atoms with Gasteiger partial charge in [0.15, 0.2) is 17.3 Å². The van der Waals surface area contributed by atoms with E-state index in [0.717, 1.165) is 44.7 Å². The number of aromatic nitrogens is 2. The molecule has 8 aromatic rings. The molecule has 0 spiro atoms. The molecule has 328 valence electrons. The summed E-state index contributed by atoms with van der Waals surface area (Å²) in [6.45, 7) is 4.66. The predicted molar refractivity (Wildman–Crippen MR) is 249 cm³/mol. The molecule has 0 atom stereocenters. The fourth-order valence-corrected chi connectivity index (χ4v) is 9.09. The molecule has 0 aliphatic carbocycles. The summed E-state index contributed by atoms with van der Waals surface area (Å²) >= 11 is 2.48. The van der Waals surface area contributed by atoms with Crippen LogP contribution in [-0.2, 0) is 22.7 Å². The van der Waals surface area contributed by atoms with Crippen LogP contribution in [0, 0.1) is 0 Å². The van der Waals surface area contributed by atoms with Gasteiger partial charge in [0.1, 0.15) is 5.56 Å². The van der Waals surface area contributed by atoms with Crippen molar-refractivity contribution >= 4 is 78.0 Å². The predicted octanol–water partition coefficient (Wildman–Crippen LogP) is 4.79. The van der Waals surface area contributed by atoms with Gasteiger partial charge in [-0.3, -0.25) is 33.1 Å². The Kier molecular flexibility index (Phi) is 16.7. The minimum absolute atomic E-state index is 0. The molecule has 2 amide bonds. The number of carbonyl (C=O) groups is 4. The number of carbonyl (C=O) groups excluding carboxylic acids is 3. The Balaban J connectivity index is 0.000000272. The maximum absolute atomic E-state index is 12.8. The summed E-state index contributed by atoms with van der Waals surface area (Å²) in [5.74, 6) is -3.25. The first-order valence-electron chi connectivity index (χ1n) is 19.0. The van der Waals surface area contributed by atoms with Crippen molar-refractivity contribution in [3.05, 3.63) is 163 Å². The number of carboxylic acid groups (broad SMARTS) is 1. The van der Waals surface area contributed by atoms with Crippen LogP contribution in [0.1, 0.15) is 52.6 Å². The van der Waals surface area contributed by atoms with E-state index in [9.17, 15) is 44.1 Å². The number of ketones is 1. The first kappa shape index (κ1) is 50.5. The van der Waals surface area contributed by atoms with Gasteiger partial charge in [-0.15, -0.1) is 22.7 Å². The molecule has 0 saturated carbocycles. The van der Waals surface area contributed by atoms with Gasteiger partial charge < -0.3 is 36.9 Å². The molecule has 8 rings (SSSR count). The Labute approximate surface area is 390 Å². The third-order valence-corrected chi connectivity index (χ3v) is 11.7. The number of rotatable bonds is 10. The molecule has 15 nitrogen and oxygen atoms in total. The number of benzene rings is 4. The molecular formula is C47H41LiN4O11S2. The van der Waals surface area contributed by atoms with E-state index in [1.165, 1.54) is 41.2 Å². The second-order valence-corrected chi connectivity index (χ2v) is 16.1. The van der Waals surface area contributed by atoms with E-state index >= 15 is 0 Å². The first-order valence-corrected chi connectivity index (χ1v) is 20.8. The molecular weight excluding hydrogens is 868 g/mol. The number of aromatic carboxylic acids is 1. The van der Waals surface area contributed by atoms with Gasteiger partial charge in [-0.1, -0.05) is 60.7 Å². The normalized spacial score (nSPS) is 10.4. The molecule has 4 aromatic heterocycles. The summed E-state index contributed by atoms with van der Waals surface area (Å²) in [7, 11) is 0. The van der Waals surface area contributed by atoms with Crippen molar-refractivity contribution in [3.8, 4) is 33.8 Å². The molecule has 0 unspecified atom stereocenters. The molecule has 4 heterocycles. The number of nitrogens with zero attached hydrogens (tertiary/aromatic N) is 2. The van der Waals surface area contributed by atoms with Gasteiger partial charge >= 0.3 is 24.8 Å². The molecule has 0 fully saturated rings. The van der Waals surface area contributed by atoms with Crippen molar-refractivity contribution < 1.29 is 64.3 Å². The number of pyridine rings is 2. The van der Waals surface area contributed by atoms with Gasteiger partial charge in [-0.2, -0.15) is 0 Å². The molecule has 4 aromatic carbocycles. The number of carboxylic acids is 1. The SMILES string of the molecule is CC(=O)Nc1cccc(-c2cccc(Cn3c(=O)c(O)c(C(=O)O)c4sccc43)c2)c1.CC(=O)Nc1cccc(-c2cccc(Cn3c(=O)c(O)c(C(C)=O)c4sccc43)c2)c1.O.[Li+].[OH-]. The fraction of sp³-hybridized carbons (Fsp3) is 0.106. The summed E-state index contributed by atoms with van der Waals surface area (Å²) in [6.07, 6.45) is 0. The van der Waals surface area contributed by atoms with Crippen LogP contribution < -0.4 is 40.6 Å². The minimum atomic E-state index is -1.34. The maximum atomic E-state index is 12.8. The maximum Gasteiger partial charge on any atom is 1.00 e. The molecule has 0 aliphatic rings.